The number of benzene rings is 1. The normalized spacial score (nSPS) is 10.9. The first-order valence-electron chi connectivity index (χ1n) is 6.32. The van der Waals surface area contributed by atoms with Gasteiger partial charge >= 0.3 is 5.97 Å². The average molecular weight is 277 g/mol. The number of rotatable bonds is 5. The first-order valence-corrected chi connectivity index (χ1v) is 6.32. The third-order valence-corrected chi connectivity index (χ3v) is 2.50. The second-order valence-corrected chi connectivity index (χ2v) is 5.88. The zero-order valence-electron chi connectivity index (χ0n) is 11.9. The lowest BCUT2D eigenvalue weighted by Gasteiger charge is -2.16. The molecule has 108 valence electrons. The maximum Gasteiger partial charge on any atom is 0.335 e. The Balaban J connectivity index is 2.54. The van der Waals surface area contributed by atoms with Crippen LogP contribution in [0.5, 0.6) is 0 Å². The molecule has 5 heteroatoms. The number of hydrogen-bond donors (Lipinski definition) is 2. The number of carboxylic acid groups (broad SMARTS) is 1. The van der Waals surface area contributed by atoms with Gasteiger partial charge in [-0.3, -0.25) is 9.59 Å². The van der Waals surface area contributed by atoms with Crippen LogP contribution in [-0.4, -0.2) is 22.8 Å². The van der Waals surface area contributed by atoms with Crippen molar-refractivity contribution in [1.29, 1.82) is 0 Å². The van der Waals surface area contributed by atoms with Crippen LogP contribution >= 0.6 is 0 Å². The van der Waals surface area contributed by atoms with Gasteiger partial charge in [0.2, 0.25) is 5.91 Å². The molecule has 0 atom stereocenters. The highest BCUT2D eigenvalue weighted by atomic mass is 16.4. The summed E-state index contributed by atoms with van der Waals surface area (Å²) < 4.78 is 0. The molecular formula is C15H19NO4. The minimum Gasteiger partial charge on any atom is -0.478 e. The molecule has 0 aromatic heterocycles. The highest BCUT2D eigenvalue weighted by Crippen LogP contribution is 2.19. The Labute approximate surface area is 118 Å². The average Bonchev–Trinajstić information content (AvgIpc) is 2.26. The maximum atomic E-state index is 11.7. The zero-order chi connectivity index (χ0) is 15.3. The Morgan fingerprint density at radius 2 is 1.65 bits per heavy atom. The fourth-order valence-corrected chi connectivity index (χ4v) is 1.73. The van der Waals surface area contributed by atoms with Crippen LogP contribution in [0.25, 0.3) is 0 Å². The minimum atomic E-state index is -1.02. The fraction of sp³-hybridized carbons (Fsp3) is 0.400. The number of aromatic carboxylic acids is 1. The molecule has 5 nitrogen and oxygen atoms in total. The van der Waals surface area contributed by atoms with Gasteiger partial charge in [-0.2, -0.15) is 0 Å². The Morgan fingerprint density at radius 1 is 1.10 bits per heavy atom. The van der Waals surface area contributed by atoms with Crippen LogP contribution in [-0.2, 0) is 9.59 Å². The lowest BCUT2D eigenvalue weighted by Crippen LogP contribution is -2.20. The zero-order valence-corrected chi connectivity index (χ0v) is 11.9. The molecule has 1 aromatic carbocycles. The molecule has 0 aliphatic carbocycles. The molecule has 0 saturated heterocycles. The van der Waals surface area contributed by atoms with Crippen LogP contribution < -0.4 is 5.32 Å². The smallest absolute Gasteiger partial charge is 0.335 e. The highest BCUT2D eigenvalue weighted by Gasteiger charge is 2.18. The predicted octanol–water partition coefficient (Wildman–Crippen LogP) is 2.72. The Bertz CT molecular complexity index is 512. The summed E-state index contributed by atoms with van der Waals surface area (Å²) >= 11 is 0. The van der Waals surface area contributed by atoms with Gasteiger partial charge in [0, 0.05) is 12.1 Å². The second kappa shape index (κ2) is 6.32. The summed E-state index contributed by atoms with van der Waals surface area (Å²) in [6.45, 7) is 5.81. The van der Waals surface area contributed by atoms with Crippen LogP contribution in [0.4, 0.5) is 5.69 Å². The number of carbonyl (C=O) groups is 3. The first kappa shape index (κ1) is 15.9. The highest BCUT2D eigenvalue weighted by molar-refractivity contribution is 6.04. The van der Waals surface area contributed by atoms with E-state index in [9.17, 15) is 14.4 Å². The van der Waals surface area contributed by atoms with Crippen molar-refractivity contribution < 1.29 is 19.5 Å². The number of Topliss-reactive ketones (excluding diaryl/α,β-unsaturated/α-hetero) is 1. The van der Waals surface area contributed by atoms with E-state index in [4.69, 9.17) is 5.11 Å². The van der Waals surface area contributed by atoms with Crippen molar-refractivity contribution in [2.75, 3.05) is 5.32 Å². The van der Waals surface area contributed by atoms with Crippen LogP contribution in [0.15, 0.2) is 24.3 Å². The molecule has 0 aliphatic rings. The second-order valence-electron chi connectivity index (χ2n) is 5.88. The molecule has 2 N–H and O–H groups in total. The summed E-state index contributed by atoms with van der Waals surface area (Å²) in [7, 11) is 0. The van der Waals surface area contributed by atoms with Gasteiger partial charge in [-0.15, -0.1) is 0 Å². The van der Waals surface area contributed by atoms with Crippen molar-refractivity contribution >= 4 is 23.3 Å². The van der Waals surface area contributed by atoms with E-state index >= 15 is 0 Å². The van der Waals surface area contributed by atoms with Gasteiger partial charge in [0.05, 0.1) is 12.0 Å². The third-order valence-electron chi connectivity index (χ3n) is 2.50. The number of ketones is 1. The van der Waals surface area contributed by atoms with Crippen molar-refractivity contribution in [3.63, 3.8) is 0 Å². The van der Waals surface area contributed by atoms with Crippen LogP contribution in [0.1, 0.15) is 44.0 Å². The van der Waals surface area contributed by atoms with Gasteiger partial charge in [-0.1, -0.05) is 20.8 Å². The number of carbonyl (C=O) groups excluding carboxylic acids is 2. The van der Waals surface area contributed by atoms with Gasteiger partial charge < -0.3 is 10.4 Å². The van der Waals surface area contributed by atoms with Crippen LogP contribution in [0.2, 0.25) is 0 Å². The number of hydrogen-bond acceptors (Lipinski definition) is 3. The Morgan fingerprint density at radius 3 is 2.10 bits per heavy atom. The lowest BCUT2D eigenvalue weighted by molar-refractivity contribution is -0.126. The van der Waals surface area contributed by atoms with Gasteiger partial charge in [-0.05, 0) is 29.7 Å². The Hall–Kier alpha value is -2.17. The van der Waals surface area contributed by atoms with Gasteiger partial charge in [0.25, 0.3) is 0 Å². The summed E-state index contributed by atoms with van der Waals surface area (Å²) in [5, 5.41) is 11.3. The van der Waals surface area contributed by atoms with Crippen molar-refractivity contribution in [3.8, 4) is 0 Å². The molecule has 1 rings (SSSR count). The molecule has 1 amide bonds. The quantitative estimate of drug-likeness (QED) is 0.810. The molecule has 0 radical (unpaired) electrons. The number of carboxylic acids is 1. The molecule has 20 heavy (non-hydrogen) atoms. The molecule has 0 spiro atoms. The standard InChI is InChI=1S/C15H19NO4/c1-15(2,3)9-12(17)8-13(18)16-11-6-4-10(5-7-11)14(19)20/h4-7H,8-9H2,1-3H3,(H,16,18)(H,19,20). The monoisotopic (exact) mass is 277 g/mol. The summed E-state index contributed by atoms with van der Waals surface area (Å²) in [5.74, 6) is -1.53. The molecule has 0 aliphatic heterocycles. The molecule has 0 saturated carbocycles. The van der Waals surface area contributed by atoms with Gasteiger partial charge in [0.1, 0.15) is 5.78 Å². The number of nitrogens with one attached hydrogen (secondary N) is 1. The molecule has 0 fully saturated rings. The van der Waals surface area contributed by atoms with Gasteiger partial charge in [0.15, 0.2) is 0 Å². The maximum absolute atomic E-state index is 11.7. The summed E-state index contributed by atoms with van der Waals surface area (Å²) in [5.41, 5.74) is 0.482. The van der Waals surface area contributed by atoms with Crippen LogP contribution in [0, 0.1) is 5.41 Å². The first-order chi connectivity index (χ1) is 9.17. The largest absolute Gasteiger partial charge is 0.478 e. The van der Waals surface area contributed by atoms with Crippen molar-refractivity contribution in [2.24, 2.45) is 5.41 Å². The van der Waals surface area contributed by atoms with Crippen molar-refractivity contribution in [1.82, 2.24) is 0 Å². The van der Waals surface area contributed by atoms with Crippen molar-refractivity contribution in [3.05, 3.63) is 29.8 Å². The predicted molar refractivity (Wildman–Crippen MR) is 75.7 cm³/mol. The molecule has 0 bridgehead atoms. The number of anilines is 1. The van der Waals surface area contributed by atoms with E-state index in [0.29, 0.717) is 12.1 Å². The molecule has 1 aromatic rings. The molecule has 0 heterocycles. The topological polar surface area (TPSA) is 83.5 Å². The minimum absolute atomic E-state index is 0.114. The van der Waals surface area contributed by atoms with E-state index in [2.05, 4.69) is 5.32 Å². The summed E-state index contributed by atoms with van der Waals surface area (Å²) in [6, 6.07) is 5.79. The van der Waals surface area contributed by atoms with Gasteiger partial charge in [-0.25, -0.2) is 4.79 Å². The van der Waals surface area contributed by atoms with E-state index in [-0.39, 0.29) is 29.1 Å². The number of amides is 1. The van der Waals surface area contributed by atoms with Crippen LogP contribution in [0.3, 0.4) is 0 Å². The summed E-state index contributed by atoms with van der Waals surface area (Å²) in [4.78, 5) is 34.0. The lowest BCUT2D eigenvalue weighted by atomic mass is 9.89. The molecular weight excluding hydrogens is 258 g/mol. The van der Waals surface area contributed by atoms with E-state index < -0.39 is 5.97 Å². The fourth-order valence-electron chi connectivity index (χ4n) is 1.73. The molecule has 0 unspecified atom stereocenters. The SMILES string of the molecule is CC(C)(C)CC(=O)CC(=O)Nc1ccc(C(=O)O)cc1. The third kappa shape index (κ3) is 5.65. The van der Waals surface area contributed by atoms with E-state index in [1.54, 1.807) is 0 Å². The van der Waals surface area contributed by atoms with E-state index in [0.717, 1.165) is 0 Å². The van der Waals surface area contributed by atoms with E-state index in [1.807, 2.05) is 20.8 Å². The Kier molecular flexibility index (Phi) is 5.02. The van der Waals surface area contributed by atoms with Crippen molar-refractivity contribution in [2.45, 2.75) is 33.6 Å². The summed E-state index contributed by atoms with van der Waals surface area (Å²) in [6.07, 6.45) is 0.177. The van der Waals surface area contributed by atoms with E-state index in [1.165, 1.54) is 24.3 Å².